The maximum Gasteiger partial charge on any atom is 0.261 e. The summed E-state index contributed by atoms with van der Waals surface area (Å²) in [6, 6.07) is 13.7. The molecular formula is C17H19NO2S. The highest BCUT2D eigenvalue weighted by atomic mass is 32.1. The number of aryl methyl sites for hydroxylation is 1. The second-order valence-corrected chi connectivity index (χ2v) is 6.20. The molecule has 1 amide bonds. The SMILES string of the molecule is CC(=O)c1ccc(C(=O)NC(C)CCc2ccccc2)s1. The highest BCUT2D eigenvalue weighted by Crippen LogP contribution is 2.17. The Morgan fingerprint density at radius 1 is 1.10 bits per heavy atom. The van der Waals surface area contributed by atoms with Gasteiger partial charge in [0.25, 0.3) is 5.91 Å². The molecule has 0 fully saturated rings. The minimum atomic E-state index is -0.104. The predicted octanol–water partition coefficient (Wildman–Crippen LogP) is 3.70. The molecule has 0 radical (unpaired) electrons. The molecule has 3 nitrogen and oxygen atoms in total. The average Bonchev–Trinajstić information content (AvgIpc) is 2.96. The summed E-state index contributed by atoms with van der Waals surface area (Å²) < 4.78 is 0. The number of nitrogens with one attached hydrogen (secondary N) is 1. The van der Waals surface area contributed by atoms with Crippen molar-refractivity contribution in [1.29, 1.82) is 0 Å². The fourth-order valence-corrected chi connectivity index (χ4v) is 2.85. The molecule has 110 valence electrons. The lowest BCUT2D eigenvalue weighted by atomic mass is 10.1. The van der Waals surface area contributed by atoms with Crippen molar-refractivity contribution in [1.82, 2.24) is 5.32 Å². The van der Waals surface area contributed by atoms with Crippen molar-refractivity contribution in [2.75, 3.05) is 0 Å². The quantitative estimate of drug-likeness (QED) is 0.827. The Bertz CT molecular complexity index is 619. The summed E-state index contributed by atoms with van der Waals surface area (Å²) >= 11 is 1.24. The highest BCUT2D eigenvalue weighted by molar-refractivity contribution is 7.15. The molecule has 0 aliphatic rings. The Balaban J connectivity index is 1.85. The van der Waals surface area contributed by atoms with Crippen LogP contribution in [0, 0.1) is 0 Å². The first kappa shape index (κ1) is 15.4. The molecular weight excluding hydrogens is 282 g/mol. The normalized spacial score (nSPS) is 11.9. The second-order valence-electron chi connectivity index (χ2n) is 5.12. The van der Waals surface area contributed by atoms with Gasteiger partial charge in [0.05, 0.1) is 9.75 Å². The second kappa shape index (κ2) is 7.18. The van der Waals surface area contributed by atoms with E-state index in [0.29, 0.717) is 9.75 Å². The summed E-state index contributed by atoms with van der Waals surface area (Å²) in [6.07, 6.45) is 1.83. The van der Waals surface area contributed by atoms with E-state index >= 15 is 0 Å². The number of benzene rings is 1. The van der Waals surface area contributed by atoms with E-state index in [4.69, 9.17) is 0 Å². The van der Waals surface area contributed by atoms with Gasteiger partial charge in [-0.3, -0.25) is 9.59 Å². The van der Waals surface area contributed by atoms with Crippen LogP contribution in [-0.2, 0) is 6.42 Å². The van der Waals surface area contributed by atoms with E-state index in [1.165, 1.54) is 23.8 Å². The highest BCUT2D eigenvalue weighted by Gasteiger charge is 2.13. The van der Waals surface area contributed by atoms with Crippen LogP contribution in [0.1, 0.15) is 45.2 Å². The van der Waals surface area contributed by atoms with Crippen molar-refractivity contribution in [2.24, 2.45) is 0 Å². The number of carbonyl (C=O) groups is 2. The van der Waals surface area contributed by atoms with E-state index in [1.807, 2.05) is 25.1 Å². The standard InChI is InChI=1S/C17H19NO2S/c1-12(8-9-14-6-4-3-5-7-14)18-17(20)16-11-10-15(21-16)13(2)19/h3-7,10-12H,8-9H2,1-2H3,(H,18,20). The van der Waals surface area contributed by atoms with Crippen molar-refractivity contribution in [3.05, 3.63) is 57.8 Å². The first-order valence-electron chi connectivity index (χ1n) is 7.02. The topological polar surface area (TPSA) is 46.2 Å². The van der Waals surface area contributed by atoms with Crippen LogP contribution in [0.4, 0.5) is 0 Å². The molecule has 21 heavy (non-hydrogen) atoms. The summed E-state index contributed by atoms with van der Waals surface area (Å²) in [7, 11) is 0. The predicted molar refractivity (Wildman–Crippen MR) is 86.0 cm³/mol. The molecule has 0 aliphatic carbocycles. The first-order chi connectivity index (χ1) is 10.1. The number of amides is 1. The third-order valence-electron chi connectivity index (χ3n) is 3.26. The van der Waals surface area contributed by atoms with E-state index in [0.717, 1.165) is 12.8 Å². The van der Waals surface area contributed by atoms with Gasteiger partial charge in [-0.05, 0) is 44.4 Å². The van der Waals surface area contributed by atoms with Crippen LogP contribution in [0.25, 0.3) is 0 Å². The van der Waals surface area contributed by atoms with Crippen LogP contribution in [0.5, 0.6) is 0 Å². The molecule has 0 saturated carbocycles. The van der Waals surface area contributed by atoms with Crippen molar-refractivity contribution < 1.29 is 9.59 Å². The maximum atomic E-state index is 12.1. The van der Waals surface area contributed by atoms with Crippen LogP contribution < -0.4 is 5.32 Å². The summed E-state index contributed by atoms with van der Waals surface area (Å²) in [4.78, 5) is 24.5. The molecule has 0 saturated heterocycles. The minimum Gasteiger partial charge on any atom is -0.349 e. The van der Waals surface area contributed by atoms with Crippen molar-refractivity contribution in [3.8, 4) is 0 Å². The van der Waals surface area contributed by atoms with Gasteiger partial charge in [0.1, 0.15) is 0 Å². The average molecular weight is 301 g/mol. The zero-order chi connectivity index (χ0) is 15.2. The van der Waals surface area contributed by atoms with Crippen LogP contribution in [-0.4, -0.2) is 17.7 Å². The minimum absolute atomic E-state index is 0.00354. The zero-order valence-corrected chi connectivity index (χ0v) is 13.1. The molecule has 0 bridgehead atoms. The van der Waals surface area contributed by atoms with Crippen LogP contribution in [0.2, 0.25) is 0 Å². The van der Waals surface area contributed by atoms with Crippen LogP contribution in [0.3, 0.4) is 0 Å². The fourth-order valence-electron chi connectivity index (χ4n) is 2.04. The van der Waals surface area contributed by atoms with Gasteiger partial charge in [0, 0.05) is 6.04 Å². The summed E-state index contributed by atoms with van der Waals surface area (Å²) in [6.45, 7) is 3.51. The maximum absolute atomic E-state index is 12.1. The van der Waals surface area contributed by atoms with Gasteiger partial charge in [0.2, 0.25) is 0 Å². The summed E-state index contributed by atoms with van der Waals surface area (Å²) in [5.41, 5.74) is 1.27. The molecule has 1 atom stereocenters. The van der Waals surface area contributed by atoms with Gasteiger partial charge >= 0.3 is 0 Å². The third kappa shape index (κ3) is 4.53. The number of thiophene rings is 1. The fraction of sp³-hybridized carbons (Fsp3) is 0.294. The number of hydrogen-bond acceptors (Lipinski definition) is 3. The van der Waals surface area contributed by atoms with Crippen molar-refractivity contribution in [3.63, 3.8) is 0 Å². The van der Waals surface area contributed by atoms with E-state index in [2.05, 4.69) is 17.4 Å². The van der Waals surface area contributed by atoms with Crippen molar-refractivity contribution in [2.45, 2.75) is 32.7 Å². The Labute approximate surface area is 129 Å². The zero-order valence-electron chi connectivity index (χ0n) is 12.3. The Kier molecular flexibility index (Phi) is 5.28. The molecule has 2 rings (SSSR count). The number of hydrogen-bond donors (Lipinski definition) is 1. The number of carbonyl (C=O) groups excluding carboxylic acids is 2. The number of ketones is 1. The lowest BCUT2D eigenvalue weighted by molar-refractivity contribution is 0.0942. The van der Waals surface area contributed by atoms with Gasteiger partial charge in [-0.1, -0.05) is 30.3 Å². The molecule has 1 aromatic carbocycles. The molecule has 1 heterocycles. The first-order valence-corrected chi connectivity index (χ1v) is 7.83. The van der Waals surface area contributed by atoms with Gasteiger partial charge in [-0.25, -0.2) is 0 Å². The summed E-state index contributed by atoms with van der Waals surface area (Å²) in [5.74, 6) is -0.107. The molecule has 0 aliphatic heterocycles. The molecule has 4 heteroatoms. The molecule has 1 unspecified atom stereocenters. The third-order valence-corrected chi connectivity index (χ3v) is 4.45. The van der Waals surface area contributed by atoms with Crippen molar-refractivity contribution >= 4 is 23.0 Å². The monoisotopic (exact) mass is 301 g/mol. The van der Waals surface area contributed by atoms with Gasteiger partial charge in [-0.15, -0.1) is 11.3 Å². The Morgan fingerprint density at radius 2 is 1.76 bits per heavy atom. The Hall–Kier alpha value is -1.94. The van der Waals surface area contributed by atoms with Gasteiger partial charge in [-0.2, -0.15) is 0 Å². The van der Waals surface area contributed by atoms with E-state index in [1.54, 1.807) is 12.1 Å². The lowest BCUT2D eigenvalue weighted by Gasteiger charge is -2.13. The van der Waals surface area contributed by atoms with Gasteiger partial charge < -0.3 is 5.32 Å². The largest absolute Gasteiger partial charge is 0.349 e. The van der Waals surface area contributed by atoms with Crippen LogP contribution >= 0.6 is 11.3 Å². The molecule has 1 N–H and O–H groups in total. The van der Waals surface area contributed by atoms with Gasteiger partial charge in [0.15, 0.2) is 5.78 Å². The van der Waals surface area contributed by atoms with E-state index < -0.39 is 0 Å². The van der Waals surface area contributed by atoms with E-state index in [9.17, 15) is 9.59 Å². The summed E-state index contributed by atoms with van der Waals surface area (Å²) in [5, 5.41) is 2.98. The molecule has 1 aromatic heterocycles. The number of Topliss-reactive ketones (excluding diaryl/α,β-unsaturated/α-hetero) is 1. The molecule has 2 aromatic rings. The van der Waals surface area contributed by atoms with E-state index in [-0.39, 0.29) is 17.7 Å². The molecule has 0 spiro atoms. The number of rotatable bonds is 6. The lowest BCUT2D eigenvalue weighted by Crippen LogP contribution is -2.32. The Morgan fingerprint density at radius 3 is 2.38 bits per heavy atom. The van der Waals surface area contributed by atoms with Crippen LogP contribution in [0.15, 0.2) is 42.5 Å². The smallest absolute Gasteiger partial charge is 0.261 e.